The van der Waals surface area contributed by atoms with Crippen LogP contribution in [0, 0.1) is 5.92 Å². The molecule has 0 heterocycles. The van der Waals surface area contributed by atoms with Crippen LogP contribution in [-0.2, 0) is 0 Å². The van der Waals surface area contributed by atoms with Gasteiger partial charge in [-0.1, -0.05) is 194 Å². The molecule has 0 rings (SSSR count). The van der Waals surface area contributed by atoms with Gasteiger partial charge in [0, 0.05) is 0 Å². The molecule has 188 valence electrons. The fraction of sp³-hybridized carbons (Fsp3) is 1.00. The summed E-state index contributed by atoms with van der Waals surface area (Å²) in [7, 11) is 0. The highest BCUT2D eigenvalue weighted by Crippen LogP contribution is 2.19. The summed E-state index contributed by atoms with van der Waals surface area (Å²) in [4.78, 5) is 0. The predicted octanol–water partition coefficient (Wildman–Crippen LogP) is 12.2. The van der Waals surface area contributed by atoms with Crippen molar-refractivity contribution in [3.05, 3.63) is 0 Å². The zero-order valence-corrected chi connectivity index (χ0v) is 22.7. The van der Waals surface area contributed by atoms with Gasteiger partial charge >= 0.3 is 0 Å². The van der Waals surface area contributed by atoms with Crippen molar-refractivity contribution in [3.8, 4) is 0 Å². The SMILES string of the molecule is CCCCCCCCCCCCCCCCCC(C)CCCCCCCCCCCC. The van der Waals surface area contributed by atoms with E-state index < -0.39 is 0 Å². The summed E-state index contributed by atoms with van der Waals surface area (Å²) in [5.41, 5.74) is 0. The number of hydrogen-bond donors (Lipinski definition) is 0. The molecule has 0 aliphatic carbocycles. The van der Waals surface area contributed by atoms with E-state index in [1.165, 1.54) is 173 Å². The normalized spacial score (nSPS) is 12.5. The molecule has 0 aromatic carbocycles. The number of rotatable bonds is 27. The lowest BCUT2D eigenvalue weighted by Crippen LogP contribution is -1.95. The molecule has 0 heteroatoms. The van der Waals surface area contributed by atoms with Crippen LogP contribution in [0.15, 0.2) is 0 Å². The predicted molar refractivity (Wildman–Crippen MR) is 145 cm³/mol. The molecule has 1 atom stereocenters. The van der Waals surface area contributed by atoms with Gasteiger partial charge in [0.2, 0.25) is 0 Å². The zero-order chi connectivity index (χ0) is 22.7. The Morgan fingerprint density at radius 1 is 0.290 bits per heavy atom. The summed E-state index contributed by atoms with van der Waals surface area (Å²) in [6.45, 7) is 7.11. The van der Waals surface area contributed by atoms with E-state index >= 15 is 0 Å². The molecule has 0 radical (unpaired) electrons. The van der Waals surface area contributed by atoms with Crippen LogP contribution in [0.4, 0.5) is 0 Å². The fourth-order valence-corrected chi connectivity index (χ4v) is 4.99. The van der Waals surface area contributed by atoms with Crippen molar-refractivity contribution in [2.24, 2.45) is 5.92 Å². The van der Waals surface area contributed by atoms with Gasteiger partial charge in [0.25, 0.3) is 0 Å². The van der Waals surface area contributed by atoms with Gasteiger partial charge in [-0.15, -0.1) is 0 Å². The summed E-state index contributed by atoms with van der Waals surface area (Å²) in [5, 5.41) is 0. The van der Waals surface area contributed by atoms with E-state index in [1.807, 2.05) is 0 Å². The first kappa shape index (κ1) is 31.0. The van der Waals surface area contributed by atoms with E-state index in [0.717, 1.165) is 5.92 Å². The van der Waals surface area contributed by atoms with Crippen molar-refractivity contribution in [1.82, 2.24) is 0 Å². The largest absolute Gasteiger partial charge is 0.0654 e. The summed E-state index contributed by atoms with van der Waals surface area (Å²) < 4.78 is 0. The van der Waals surface area contributed by atoms with Crippen molar-refractivity contribution in [2.45, 2.75) is 194 Å². The molecule has 0 aromatic heterocycles. The first-order valence-electron chi connectivity index (χ1n) is 15.3. The van der Waals surface area contributed by atoms with Gasteiger partial charge in [0.15, 0.2) is 0 Å². The molecule has 0 saturated carbocycles. The Hall–Kier alpha value is 0. The summed E-state index contributed by atoms with van der Waals surface area (Å²) in [6, 6.07) is 0. The molecule has 0 aliphatic rings. The molecule has 0 amide bonds. The topological polar surface area (TPSA) is 0 Å². The molecule has 0 saturated heterocycles. The average Bonchev–Trinajstić information content (AvgIpc) is 2.77. The molecule has 31 heavy (non-hydrogen) atoms. The summed E-state index contributed by atoms with van der Waals surface area (Å²) in [5.74, 6) is 0.969. The second-order valence-corrected chi connectivity index (χ2v) is 10.8. The molecule has 0 bridgehead atoms. The quantitative estimate of drug-likeness (QED) is 0.112. The maximum atomic E-state index is 2.50. The van der Waals surface area contributed by atoms with E-state index in [0.29, 0.717) is 0 Å². The summed E-state index contributed by atoms with van der Waals surface area (Å²) in [6.07, 6.45) is 39.8. The van der Waals surface area contributed by atoms with Gasteiger partial charge in [-0.25, -0.2) is 0 Å². The van der Waals surface area contributed by atoms with Crippen LogP contribution in [0.3, 0.4) is 0 Å². The monoisotopic (exact) mass is 437 g/mol. The minimum Gasteiger partial charge on any atom is -0.0654 e. The Balaban J connectivity index is 3.12. The van der Waals surface area contributed by atoms with Crippen molar-refractivity contribution >= 4 is 0 Å². The van der Waals surface area contributed by atoms with Gasteiger partial charge in [-0.2, -0.15) is 0 Å². The minimum atomic E-state index is 0.969. The van der Waals surface area contributed by atoms with Gasteiger partial charge in [0.05, 0.1) is 0 Å². The number of hydrogen-bond acceptors (Lipinski definition) is 0. The van der Waals surface area contributed by atoms with Crippen LogP contribution in [-0.4, -0.2) is 0 Å². The number of unbranched alkanes of at least 4 members (excludes halogenated alkanes) is 23. The Kier molecular flexibility index (Phi) is 28.0. The maximum Gasteiger partial charge on any atom is -0.0443 e. The molecule has 0 nitrogen and oxygen atoms in total. The highest BCUT2D eigenvalue weighted by molar-refractivity contribution is 4.56. The summed E-state index contributed by atoms with van der Waals surface area (Å²) >= 11 is 0. The molecule has 0 spiro atoms. The van der Waals surface area contributed by atoms with Crippen molar-refractivity contribution in [3.63, 3.8) is 0 Å². The van der Waals surface area contributed by atoms with E-state index in [9.17, 15) is 0 Å². The third-order valence-corrected chi connectivity index (χ3v) is 7.35. The van der Waals surface area contributed by atoms with Crippen LogP contribution < -0.4 is 0 Å². The third kappa shape index (κ3) is 28.0. The van der Waals surface area contributed by atoms with Crippen molar-refractivity contribution in [2.75, 3.05) is 0 Å². The Labute approximate surface area is 200 Å². The lowest BCUT2D eigenvalue weighted by Gasteiger charge is -2.11. The van der Waals surface area contributed by atoms with Crippen molar-refractivity contribution in [1.29, 1.82) is 0 Å². The molecule has 0 N–H and O–H groups in total. The average molecular weight is 437 g/mol. The fourth-order valence-electron chi connectivity index (χ4n) is 4.99. The van der Waals surface area contributed by atoms with E-state index in [4.69, 9.17) is 0 Å². The van der Waals surface area contributed by atoms with Gasteiger partial charge in [0.1, 0.15) is 0 Å². The lowest BCUT2D eigenvalue weighted by atomic mass is 9.95. The second kappa shape index (κ2) is 28.0. The van der Waals surface area contributed by atoms with E-state index in [1.54, 1.807) is 0 Å². The van der Waals surface area contributed by atoms with Crippen LogP contribution in [0.1, 0.15) is 194 Å². The lowest BCUT2D eigenvalue weighted by molar-refractivity contribution is 0.429. The molecule has 1 unspecified atom stereocenters. The van der Waals surface area contributed by atoms with Gasteiger partial charge < -0.3 is 0 Å². The second-order valence-electron chi connectivity index (χ2n) is 10.8. The molecule has 0 aliphatic heterocycles. The molecular formula is C31H64. The van der Waals surface area contributed by atoms with Crippen LogP contribution >= 0.6 is 0 Å². The maximum absolute atomic E-state index is 2.50. The standard InChI is InChI=1S/C31H64/c1-4-6-8-10-12-14-16-17-18-19-20-22-24-26-28-30-31(3)29-27-25-23-21-15-13-11-9-7-5-2/h31H,4-30H2,1-3H3. The van der Waals surface area contributed by atoms with Crippen LogP contribution in [0.2, 0.25) is 0 Å². The molecular weight excluding hydrogens is 372 g/mol. The van der Waals surface area contributed by atoms with Crippen molar-refractivity contribution < 1.29 is 0 Å². The Bertz CT molecular complexity index is 294. The third-order valence-electron chi connectivity index (χ3n) is 7.35. The highest BCUT2D eigenvalue weighted by Gasteiger charge is 2.02. The highest BCUT2D eigenvalue weighted by atomic mass is 14.1. The van der Waals surface area contributed by atoms with Crippen LogP contribution in [0.5, 0.6) is 0 Å². The van der Waals surface area contributed by atoms with Crippen LogP contribution in [0.25, 0.3) is 0 Å². The first-order chi connectivity index (χ1) is 15.3. The molecule has 0 aromatic rings. The first-order valence-corrected chi connectivity index (χ1v) is 15.3. The molecule has 0 fully saturated rings. The zero-order valence-electron chi connectivity index (χ0n) is 22.7. The van der Waals surface area contributed by atoms with Gasteiger partial charge in [-0.3, -0.25) is 0 Å². The minimum absolute atomic E-state index is 0.969. The Morgan fingerprint density at radius 3 is 0.710 bits per heavy atom. The smallest absolute Gasteiger partial charge is 0.0443 e. The van der Waals surface area contributed by atoms with E-state index in [-0.39, 0.29) is 0 Å². The Morgan fingerprint density at radius 2 is 0.484 bits per heavy atom. The van der Waals surface area contributed by atoms with Gasteiger partial charge in [-0.05, 0) is 5.92 Å². The van der Waals surface area contributed by atoms with E-state index in [2.05, 4.69) is 20.8 Å².